The van der Waals surface area contributed by atoms with E-state index in [4.69, 9.17) is 9.84 Å². The van der Waals surface area contributed by atoms with E-state index in [-0.39, 0.29) is 23.5 Å². The van der Waals surface area contributed by atoms with Gasteiger partial charge in [0.05, 0.1) is 12.2 Å². The van der Waals surface area contributed by atoms with Crippen LogP contribution in [0.5, 0.6) is 5.75 Å². The number of benzene rings is 1. The quantitative estimate of drug-likeness (QED) is 0.748. The van der Waals surface area contributed by atoms with Crippen LogP contribution in [0.25, 0.3) is 0 Å². The van der Waals surface area contributed by atoms with Crippen molar-refractivity contribution >= 4 is 5.97 Å². The van der Waals surface area contributed by atoms with Crippen LogP contribution in [0.2, 0.25) is 0 Å². The third kappa shape index (κ3) is 4.93. The Morgan fingerprint density at radius 1 is 1.40 bits per heavy atom. The average molecular weight is 290 g/mol. The minimum absolute atomic E-state index is 0.129. The molecule has 0 aliphatic carbocycles. The van der Waals surface area contributed by atoms with Crippen LogP contribution in [0.1, 0.15) is 15.9 Å². The minimum atomic E-state index is -3.90. The largest absolute Gasteiger partial charge is 0.490 e. The van der Waals surface area contributed by atoms with Gasteiger partial charge < -0.3 is 14.6 Å². The molecule has 0 bridgehead atoms. The Labute approximate surface area is 113 Å². The zero-order valence-electron chi connectivity index (χ0n) is 10.4. The van der Waals surface area contributed by atoms with E-state index in [0.717, 1.165) is 6.07 Å². The summed E-state index contributed by atoms with van der Waals surface area (Å²) in [5, 5.41) is 8.91. The van der Waals surface area contributed by atoms with Crippen LogP contribution >= 0.6 is 0 Å². The second-order valence-corrected chi connectivity index (χ2v) is 3.83. The predicted molar refractivity (Wildman–Crippen MR) is 64.8 cm³/mol. The molecular formula is C13H13F3O4. The van der Waals surface area contributed by atoms with Gasteiger partial charge in [-0.15, -0.1) is 0 Å². The van der Waals surface area contributed by atoms with Gasteiger partial charge in [-0.3, -0.25) is 0 Å². The third-order valence-corrected chi connectivity index (χ3v) is 2.19. The fraction of sp³-hybridized carbons (Fsp3) is 0.308. The van der Waals surface area contributed by atoms with Crippen LogP contribution < -0.4 is 4.74 Å². The van der Waals surface area contributed by atoms with Crippen molar-refractivity contribution in [1.29, 1.82) is 0 Å². The van der Waals surface area contributed by atoms with E-state index in [1.54, 1.807) is 0 Å². The first-order valence-electron chi connectivity index (χ1n) is 5.56. The Hall–Kier alpha value is -2.02. The molecule has 0 radical (unpaired) electrons. The van der Waals surface area contributed by atoms with Crippen molar-refractivity contribution < 1.29 is 32.5 Å². The van der Waals surface area contributed by atoms with Crippen LogP contribution in [0.15, 0.2) is 30.9 Å². The number of alkyl halides is 3. The van der Waals surface area contributed by atoms with Gasteiger partial charge in [-0.25, -0.2) is 9.18 Å². The van der Waals surface area contributed by atoms with Crippen molar-refractivity contribution in [3.05, 3.63) is 42.0 Å². The maximum Gasteiger partial charge on any atom is 0.384 e. The number of ether oxygens (including phenoxy) is 2. The van der Waals surface area contributed by atoms with E-state index in [0.29, 0.717) is 0 Å². The van der Waals surface area contributed by atoms with Gasteiger partial charge >= 0.3 is 12.1 Å². The lowest BCUT2D eigenvalue weighted by molar-refractivity contribution is -0.252. The van der Waals surface area contributed by atoms with Gasteiger partial charge in [0, 0.05) is 0 Å². The van der Waals surface area contributed by atoms with Crippen molar-refractivity contribution in [2.24, 2.45) is 0 Å². The zero-order valence-corrected chi connectivity index (χ0v) is 10.4. The molecule has 0 saturated carbocycles. The minimum Gasteiger partial charge on any atom is -0.490 e. The summed E-state index contributed by atoms with van der Waals surface area (Å²) in [5.74, 6) is -1.07. The summed E-state index contributed by atoms with van der Waals surface area (Å²) in [5.41, 5.74) is -0.00851. The van der Waals surface area contributed by atoms with E-state index < -0.39 is 25.4 Å². The monoisotopic (exact) mass is 290 g/mol. The molecule has 0 aliphatic rings. The zero-order chi connectivity index (χ0) is 15.2. The molecule has 0 aliphatic heterocycles. The van der Waals surface area contributed by atoms with Crippen LogP contribution in [0.3, 0.4) is 0 Å². The summed E-state index contributed by atoms with van der Waals surface area (Å²) < 4.78 is 46.4. The number of carboxylic acids is 1. The van der Waals surface area contributed by atoms with Gasteiger partial charge in [-0.05, 0) is 23.8 Å². The SMILES string of the molecule is C=CCOc1cc(COC(F)(F)CF)cc(C(=O)O)c1. The Kier molecular flexibility index (Phi) is 5.57. The Bertz CT molecular complexity index is 489. The number of hydrogen-bond acceptors (Lipinski definition) is 3. The number of rotatable bonds is 8. The van der Waals surface area contributed by atoms with Crippen LogP contribution in [0, 0.1) is 0 Å². The molecular weight excluding hydrogens is 277 g/mol. The van der Waals surface area contributed by atoms with Gasteiger partial charge in [-0.2, -0.15) is 8.78 Å². The number of halogens is 3. The molecule has 1 rings (SSSR count). The molecule has 0 fully saturated rings. The van der Waals surface area contributed by atoms with Crippen molar-refractivity contribution in [3.8, 4) is 5.75 Å². The smallest absolute Gasteiger partial charge is 0.384 e. The fourth-order valence-corrected chi connectivity index (χ4v) is 1.33. The number of carbonyl (C=O) groups is 1. The summed E-state index contributed by atoms with van der Waals surface area (Å²) in [6, 6.07) is 3.73. The van der Waals surface area contributed by atoms with Gasteiger partial charge in [0.1, 0.15) is 12.4 Å². The van der Waals surface area contributed by atoms with E-state index in [1.165, 1.54) is 18.2 Å². The molecule has 1 aromatic carbocycles. The average Bonchev–Trinajstić information content (AvgIpc) is 2.43. The Morgan fingerprint density at radius 2 is 2.10 bits per heavy atom. The van der Waals surface area contributed by atoms with E-state index in [2.05, 4.69) is 11.3 Å². The Balaban J connectivity index is 2.91. The van der Waals surface area contributed by atoms with Crippen LogP contribution in [-0.2, 0) is 11.3 Å². The molecule has 0 spiro atoms. The topological polar surface area (TPSA) is 55.8 Å². The Morgan fingerprint density at radius 3 is 2.65 bits per heavy atom. The number of hydrogen-bond donors (Lipinski definition) is 1. The molecule has 20 heavy (non-hydrogen) atoms. The predicted octanol–water partition coefficient (Wildman–Crippen LogP) is 3.03. The molecule has 1 aromatic rings. The van der Waals surface area contributed by atoms with Gasteiger partial charge in [-0.1, -0.05) is 12.7 Å². The van der Waals surface area contributed by atoms with Crippen LogP contribution in [0.4, 0.5) is 13.2 Å². The lowest BCUT2D eigenvalue weighted by Gasteiger charge is -2.14. The maximum atomic E-state index is 12.6. The molecule has 7 heteroatoms. The number of carboxylic acid groups (broad SMARTS) is 1. The maximum absolute atomic E-state index is 12.6. The van der Waals surface area contributed by atoms with Crippen LogP contribution in [-0.4, -0.2) is 30.5 Å². The van der Waals surface area contributed by atoms with E-state index in [1.807, 2.05) is 0 Å². The number of aromatic carboxylic acids is 1. The van der Waals surface area contributed by atoms with E-state index >= 15 is 0 Å². The van der Waals surface area contributed by atoms with Gasteiger partial charge in [0.15, 0.2) is 6.67 Å². The first kappa shape index (κ1) is 16.0. The fourth-order valence-electron chi connectivity index (χ4n) is 1.33. The summed E-state index contributed by atoms with van der Waals surface area (Å²) in [6.07, 6.45) is -2.46. The summed E-state index contributed by atoms with van der Waals surface area (Å²) >= 11 is 0. The molecule has 0 saturated heterocycles. The molecule has 0 unspecified atom stereocenters. The first-order chi connectivity index (χ1) is 9.38. The molecule has 0 aromatic heterocycles. The highest BCUT2D eigenvalue weighted by Crippen LogP contribution is 2.22. The highest BCUT2D eigenvalue weighted by molar-refractivity contribution is 5.88. The van der Waals surface area contributed by atoms with E-state index in [9.17, 15) is 18.0 Å². The lowest BCUT2D eigenvalue weighted by atomic mass is 10.1. The van der Waals surface area contributed by atoms with Gasteiger partial charge in [0.2, 0.25) is 0 Å². The summed E-state index contributed by atoms with van der Waals surface area (Å²) in [7, 11) is 0. The molecule has 1 N–H and O–H groups in total. The molecule has 0 amide bonds. The molecule has 0 heterocycles. The van der Waals surface area contributed by atoms with Crippen molar-refractivity contribution in [2.75, 3.05) is 13.3 Å². The van der Waals surface area contributed by atoms with Crippen molar-refractivity contribution in [3.63, 3.8) is 0 Å². The van der Waals surface area contributed by atoms with Crippen molar-refractivity contribution in [1.82, 2.24) is 0 Å². The second-order valence-electron chi connectivity index (χ2n) is 3.83. The second kappa shape index (κ2) is 6.95. The first-order valence-corrected chi connectivity index (χ1v) is 5.56. The molecule has 110 valence electrons. The highest BCUT2D eigenvalue weighted by Gasteiger charge is 2.30. The summed E-state index contributed by atoms with van der Waals surface area (Å²) in [4.78, 5) is 10.9. The third-order valence-electron chi connectivity index (χ3n) is 2.19. The molecule has 0 atom stereocenters. The summed E-state index contributed by atoms with van der Waals surface area (Å²) in [6.45, 7) is 0.968. The van der Waals surface area contributed by atoms with Gasteiger partial charge in [0.25, 0.3) is 0 Å². The lowest BCUT2D eigenvalue weighted by Crippen LogP contribution is -2.23. The normalized spacial score (nSPS) is 11.2. The molecule has 4 nitrogen and oxygen atoms in total. The highest BCUT2D eigenvalue weighted by atomic mass is 19.3. The standard InChI is InChI=1S/C13H13F3O4/c1-2-3-19-11-5-9(4-10(6-11)12(17)18)7-20-13(15,16)8-14/h2,4-6H,1,3,7-8H2,(H,17,18). The van der Waals surface area contributed by atoms with Crippen molar-refractivity contribution in [2.45, 2.75) is 12.7 Å².